The summed E-state index contributed by atoms with van der Waals surface area (Å²) in [5, 5.41) is 3.44. The fraction of sp³-hybridized carbons (Fsp3) is 0.500. The molecule has 1 aromatic carbocycles. The Balaban J connectivity index is 1.76. The number of aromatic nitrogens is 1. The number of hydrogen-bond donors (Lipinski definition) is 1. The van der Waals surface area contributed by atoms with E-state index in [0.717, 1.165) is 49.5 Å². The summed E-state index contributed by atoms with van der Waals surface area (Å²) in [5.74, 6) is 0.527. The Bertz CT molecular complexity index is 649. The molecule has 5 heteroatoms. The molecule has 1 N–H and O–H groups in total. The zero-order valence-corrected chi connectivity index (χ0v) is 14.6. The second kappa shape index (κ2) is 7.51. The van der Waals surface area contributed by atoms with Gasteiger partial charge in [-0.3, -0.25) is 4.90 Å². The van der Waals surface area contributed by atoms with Crippen LogP contribution in [0, 0.1) is 25.6 Å². The summed E-state index contributed by atoms with van der Waals surface area (Å²) in [6.07, 6.45) is 1.22. The lowest BCUT2D eigenvalue weighted by Gasteiger charge is -2.26. The van der Waals surface area contributed by atoms with Crippen molar-refractivity contribution < 1.29 is 4.39 Å². The van der Waals surface area contributed by atoms with Gasteiger partial charge in [0.15, 0.2) is 0 Å². The Labute approximate surface area is 141 Å². The quantitative estimate of drug-likeness (QED) is 0.877. The maximum absolute atomic E-state index is 13.6. The average Bonchev–Trinajstić information content (AvgIpc) is 3.16. The van der Waals surface area contributed by atoms with Gasteiger partial charge in [-0.05, 0) is 62.5 Å². The van der Waals surface area contributed by atoms with Crippen LogP contribution in [0.2, 0.25) is 0 Å². The number of benzene rings is 1. The van der Waals surface area contributed by atoms with Crippen LogP contribution < -0.4 is 5.32 Å². The molecular weight excluding hydrogens is 309 g/mol. The molecule has 2 aromatic rings. The van der Waals surface area contributed by atoms with Gasteiger partial charge in [0.05, 0.1) is 11.2 Å². The number of nitrogens with zero attached hydrogens (tertiary/aromatic N) is 2. The van der Waals surface area contributed by atoms with Crippen LogP contribution in [0.1, 0.15) is 28.1 Å². The summed E-state index contributed by atoms with van der Waals surface area (Å²) in [6, 6.07) is 5.09. The second-order valence-electron chi connectivity index (χ2n) is 6.46. The minimum absolute atomic E-state index is 0.151. The molecule has 0 amide bonds. The van der Waals surface area contributed by atoms with Gasteiger partial charge in [-0.25, -0.2) is 9.37 Å². The molecule has 1 aliphatic rings. The third-order valence-corrected chi connectivity index (χ3v) is 5.52. The monoisotopic (exact) mass is 333 g/mol. The van der Waals surface area contributed by atoms with E-state index in [-0.39, 0.29) is 5.82 Å². The summed E-state index contributed by atoms with van der Waals surface area (Å²) < 4.78 is 13.6. The first-order chi connectivity index (χ1) is 11.1. The Morgan fingerprint density at radius 1 is 1.35 bits per heavy atom. The Morgan fingerprint density at radius 2 is 2.22 bits per heavy atom. The van der Waals surface area contributed by atoms with E-state index in [1.165, 1.54) is 17.4 Å². The van der Waals surface area contributed by atoms with Gasteiger partial charge in [0, 0.05) is 24.5 Å². The molecule has 3 nitrogen and oxygen atoms in total. The maximum Gasteiger partial charge on any atom is 0.123 e. The lowest BCUT2D eigenvalue weighted by atomic mass is 10.1. The first-order valence-electron chi connectivity index (χ1n) is 8.19. The highest BCUT2D eigenvalue weighted by Crippen LogP contribution is 2.21. The zero-order valence-electron chi connectivity index (χ0n) is 13.8. The molecule has 0 spiro atoms. The summed E-state index contributed by atoms with van der Waals surface area (Å²) in [5.41, 5.74) is 5.26. The maximum atomic E-state index is 13.6. The highest BCUT2D eigenvalue weighted by atomic mass is 32.1. The summed E-state index contributed by atoms with van der Waals surface area (Å²) in [4.78, 5) is 8.11. The zero-order chi connectivity index (χ0) is 16.2. The van der Waals surface area contributed by atoms with Gasteiger partial charge >= 0.3 is 0 Å². The highest BCUT2D eigenvalue weighted by Gasteiger charge is 2.20. The first kappa shape index (κ1) is 16.6. The number of rotatable bonds is 6. The molecule has 1 atom stereocenters. The standard InChI is InChI=1S/C18H24FN3S/c1-13-3-4-17(19)7-16(13)10-22(9-15-5-6-20-8-15)11-18-14(2)21-12-23-18/h3-4,7,12,15,20H,5-6,8-11H2,1-2H3. The largest absolute Gasteiger partial charge is 0.316 e. The molecule has 23 heavy (non-hydrogen) atoms. The molecule has 1 aliphatic heterocycles. The summed E-state index contributed by atoms with van der Waals surface area (Å²) >= 11 is 1.71. The molecule has 0 saturated carbocycles. The molecule has 124 valence electrons. The third-order valence-electron chi connectivity index (χ3n) is 4.60. The molecule has 1 aromatic heterocycles. The van der Waals surface area contributed by atoms with Crippen molar-refractivity contribution in [1.29, 1.82) is 0 Å². The molecular formula is C18H24FN3S. The lowest BCUT2D eigenvalue weighted by molar-refractivity contribution is 0.221. The molecule has 3 rings (SSSR count). The van der Waals surface area contributed by atoms with E-state index >= 15 is 0 Å². The van der Waals surface area contributed by atoms with Crippen LogP contribution in [0.3, 0.4) is 0 Å². The lowest BCUT2D eigenvalue weighted by Crippen LogP contribution is -2.30. The Hall–Kier alpha value is -1.30. The third kappa shape index (κ3) is 4.37. The molecule has 0 bridgehead atoms. The van der Waals surface area contributed by atoms with Crippen LogP contribution in [0.25, 0.3) is 0 Å². The minimum atomic E-state index is -0.151. The van der Waals surface area contributed by atoms with Gasteiger partial charge in [-0.1, -0.05) is 6.07 Å². The smallest absolute Gasteiger partial charge is 0.123 e. The van der Waals surface area contributed by atoms with E-state index in [1.807, 2.05) is 11.6 Å². The van der Waals surface area contributed by atoms with E-state index in [0.29, 0.717) is 5.92 Å². The molecule has 1 saturated heterocycles. The molecule has 2 heterocycles. The SMILES string of the molecule is Cc1ccc(F)cc1CN(Cc1scnc1C)CC1CCNC1. The fourth-order valence-corrected chi connectivity index (χ4v) is 3.97. The highest BCUT2D eigenvalue weighted by molar-refractivity contribution is 7.09. The number of aryl methyl sites for hydroxylation is 2. The van der Waals surface area contributed by atoms with Crippen LogP contribution in [-0.2, 0) is 13.1 Å². The second-order valence-corrected chi connectivity index (χ2v) is 7.40. The summed E-state index contributed by atoms with van der Waals surface area (Å²) in [7, 11) is 0. The van der Waals surface area contributed by atoms with Crippen molar-refractivity contribution in [3.63, 3.8) is 0 Å². The number of nitrogens with one attached hydrogen (secondary N) is 1. The Morgan fingerprint density at radius 3 is 2.91 bits per heavy atom. The fourth-order valence-electron chi connectivity index (χ4n) is 3.15. The minimum Gasteiger partial charge on any atom is -0.316 e. The number of hydrogen-bond acceptors (Lipinski definition) is 4. The van der Waals surface area contributed by atoms with Crippen molar-refractivity contribution in [3.05, 3.63) is 51.2 Å². The van der Waals surface area contributed by atoms with Crippen LogP contribution >= 0.6 is 11.3 Å². The molecule has 1 unspecified atom stereocenters. The van der Waals surface area contributed by atoms with Crippen molar-refractivity contribution in [3.8, 4) is 0 Å². The van der Waals surface area contributed by atoms with E-state index in [4.69, 9.17) is 0 Å². The van der Waals surface area contributed by atoms with E-state index in [9.17, 15) is 4.39 Å². The van der Waals surface area contributed by atoms with Gasteiger partial charge in [0.2, 0.25) is 0 Å². The predicted octanol–water partition coefficient (Wildman–Crippen LogP) is 3.51. The van der Waals surface area contributed by atoms with Crippen molar-refractivity contribution in [1.82, 2.24) is 15.2 Å². The first-order valence-corrected chi connectivity index (χ1v) is 9.07. The van der Waals surface area contributed by atoms with Crippen LogP contribution in [0.15, 0.2) is 23.7 Å². The van der Waals surface area contributed by atoms with E-state index in [2.05, 4.69) is 29.0 Å². The average molecular weight is 333 g/mol. The Kier molecular flexibility index (Phi) is 5.41. The normalized spacial score (nSPS) is 18.0. The van der Waals surface area contributed by atoms with Gasteiger partial charge in [-0.2, -0.15) is 0 Å². The van der Waals surface area contributed by atoms with Gasteiger partial charge in [0.1, 0.15) is 5.82 Å². The molecule has 0 aliphatic carbocycles. The molecule has 0 radical (unpaired) electrons. The van der Waals surface area contributed by atoms with Crippen molar-refractivity contribution in [2.45, 2.75) is 33.4 Å². The van der Waals surface area contributed by atoms with Crippen molar-refractivity contribution in [2.24, 2.45) is 5.92 Å². The van der Waals surface area contributed by atoms with Gasteiger partial charge in [0.25, 0.3) is 0 Å². The van der Waals surface area contributed by atoms with E-state index < -0.39 is 0 Å². The van der Waals surface area contributed by atoms with Crippen molar-refractivity contribution >= 4 is 11.3 Å². The van der Waals surface area contributed by atoms with Crippen LogP contribution in [0.5, 0.6) is 0 Å². The van der Waals surface area contributed by atoms with Crippen molar-refractivity contribution in [2.75, 3.05) is 19.6 Å². The van der Waals surface area contributed by atoms with Crippen LogP contribution in [0.4, 0.5) is 4.39 Å². The topological polar surface area (TPSA) is 28.2 Å². The summed E-state index contributed by atoms with van der Waals surface area (Å²) in [6.45, 7) is 9.04. The number of thiazole rings is 1. The molecule has 1 fully saturated rings. The predicted molar refractivity (Wildman–Crippen MR) is 93.1 cm³/mol. The van der Waals surface area contributed by atoms with Gasteiger partial charge in [-0.15, -0.1) is 11.3 Å². The van der Waals surface area contributed by atoms with Crippen LogP contribution in [-0.4, -0.2) is 29.5 Å². The number of halogens is 1. The van der Waals surface area contributed by atoms with E-state index in [1.54, 1.807) is 17.4 Å². The van der Waals surface area contributed by atoms with Gasteiger partial charge < -0.3 is 5.32 Å².